The normalized spacial score (nSPS) is 18.2. The number of hydrogen-bond donors (Lipinski definition) is 3. The summed E-state index contributed by atoms with van der Waals surface area (Å²) >= 11 is 6.56. The topological polar surface area (TPSA) is 172 Å². The first-order valence-corrected chi connectivity index (χ1v) is 18.3. The van der Waals surface area contributed by atoms with Gasteiger partial charge in [-0.25, -0.2) is 4.98 Å². The summed E-state index contributed by atoms with van der Waals surface area (Å²) in [6.45, 7) is 4.73. The number of aryl methyl sites for hydroxylation is 2. The van der Waals surface area contributed by atoms with E-state index in [4.69, 9.17) is 26.4 Å². The summed E-state index contributed by atoms with van der Waals surface area (Å²) in [6.07, 6.45) is 2.38. The third-order valence-electron chi connectivity index (χ3n) is 10.6. The number of carbonyl (C=O) groups excluding carboxylic acids is 3. The lowest BCUT2D eigenvalue weighted by Crippen LogP contribution is -2.63. The Hall–Kier alpha value is -5.74. The zero-order chi connectivity index (χ0) is 37.7. The standard InChI is InChI=1S/C37H40ClN11O5/c1-39-31(51)20-54-29-16-21-15-22(7-9-27(21)45(2)36(29)53)41-34-26(38)17-40-37(43-34)48-13-11-47(12-14-48)23-18-49(19-23)28-6-4-5-24-32(44-46(3)33(24)28)25-8-10-30(50)42-35(25)52/h4-7,9,15-17,23,25H,8,10-14,18-20H2,1-3H3,(H,39,51)(H,40,41,43)(H,42,50,52). The monoisotopic (exact) mass is 753 g/mol. The van der Waals surface area contributed by atoms with Crippen molar-refractivity contribution in [1.82, 2.24) is 39.8 Å². The van der Waals surface area contributed by atoms with Crippen LogP contribution in [0.15, 0.2) is 53.5 Å². The average Bonchev–Trinajstić information content (AvgIpc) is 3.49. The third-order valence-corrected chi connectivity index (χ3v) is 10.9. The van der Waals surface area contributed by atoms with E-state index in [2.05, 4.69) is 41.7 Å². The number of nitrogens with zero attached hydrogens (tertiary/aromatic N) is 8. The van der Waals surface area contributed by atoms with Gasteiger partial charge in [0.05, 0.1) is 34.5 Å². The minimum absolute atomic E-state index is 0.0771. The molecule has 3 fully saturated rings. The first-order chi connectivity index (χ1) is 26.1. The van der Waals surface area contributed by atoms with Gasteiger partial charge in [-0.2, -0.15) is 10.1 Å². The number of piperazine rings is 1. The molecule has 16 nitrogen and oxygen atoms in total. The second kappa shape index (κ2) is 14.2. The molecule has 0 spiro atoms. The van der Waals surface area contributed by atoms with E-state index in [0.717, 1.165) is 66.9 Å². The van der Waals surface area contributed by atoms with Crippen LogP contribution in [0.1, 0.15) is 24.5 Å². The molecule has 0 radical (unpaired) electrons. The molecule has 8 rings (SSSR count). The van der Waals surface area contributed by atoms with E-state index in [1.54, 1.807) is 19.3 Å². The zero-order valence-corrected chi connectivity index (χ0v) is 30.9. The minimum atomic E-state index is -0.438. The van der Waals surface area contributed by atoms with Crippen LogP contribution in [-0.2, 0) is 28.5 Å². The van der Waals surface area contributed by atoms with E-state index in [9.17, 15) is 19.2 Å². The lowest BCUT2D eigenvalue weighted by molar-refractivity contribution is -0.134. The van der Waals surface area contributed by atoms with Gasteiger partial charge in [-0.05, 0) is 36.8 Å². The van der Waals surface area contributed by atoms with Crippen molar-refractivity contribution in [3.8, 4) is 5.75 Å². The first kappa shape index (κ1) is 35.3. The molecule has 3 aliphatic rings. The van der Waals surface area contributed by atoms with Crippen LogP contribution < -0.4 is 36.0 Å². The molecule has 54 heavy (non-hydrogen) atoms. The van der Waals surface area contributed by atoms with Crippen LogP contribution in [0.25, 0.3) is 21.8 Å². The number of benzene rings is 2. The molecule has 5 aromatic rings. The number of halogens is 1. The fourth-order valence-electron chi connectivity index (χ4n) is 7.57. The fraction of sp³-hybridized carbons (Fsp3) is 0.378. The van der Waals surface area contributed by atoms with E-state index < -0.39 is 5.92 Å². The second-order valence-electron chi connectivity index (χ2n) is 13.9. The third kappa shape index (κ3) is 6.55. The Morgan fingerprint density at radius 2 is 1.83 bits per heavy atom. The number of ether oxygens (including phenoxy) is 1. The lowest BCUT2D eigenvalue weighted by Gasteiger charge is -2.49. The number of rotatable bonds is 9. The second-order valence-corrected chi connectivity index (χ2v) is 14.3. The highest BCUT2D eigenvalue weighted by Gasteiger charge is 2.37. The van der Waals surface area contributed by atoms with Crippen molar-refractivity contribution in [3.63, 3.8) is 0 Å². The van der Waals surface area contributed by atoms with E-state index >= 15 is 0 Å². The smallest absolute Gasteiger partial charge is 0.293 e. The summed E-state index contributed by atoms with van der Waals surface area (Å²) in [6, 6.07) is 13.7. The predicted molar refractivity (Wildman–Crippen MR) is 205 cm³/mol. The Morgan fingerprint density at radius 1 is 1.04 bits per heavy atom. The molecule has 3 aliphatic heterocycles. The number of aromatic nitrogens is 5. The Bertz CT molecular complexity index is 2360. The number of amides is 3. The molecule has 0 aliphatic carbocycles. The number of para-hydroxylation sites is 1. The number of carbonyl (C=O) groups is 3. The molecule has 3 N–H and O–H groups in total. The Morgan fingerprint density at radius 3 is 2.59 bits per heavy atom. The summed E-state index contributed by atoms with van der Waals surface area (Å²) in [5.74, 6) is -0.163. The van der Waals surface area contributed by atoms with Gasteiger partial charge in [0.25, 0.3) is 11.5 Å². The van der Waals surface area contributed by atoms with Crippen molar-refractivity contribution in [2.24, 2.45) is 14.1 Å². The van der Waals surface area contributed by atoms with E-state index in [1.165, 1.54) is 11.6 Å². The first-order valence-electron chi connectivity index (χ1n) is 17.9. The zero-order valence-electron chi connectivity index (χ0n) is 30.1. The van der Waals surface area contributed by atoms with Gasteiger partial charge in [0.2, 0.25) is 17.8 Å². The van der Waals surface area contributed by atoms with Gasteiger partial charge in [0.1, 0.15) is 5.02 Å². The number of piperidine rings is 1. The molecule has 1 unspecified atom stereocenters. The molecule has 3 amide bonds. The van der Waals surface area contributed by atoms with Crippen LogP contribution in [-0.4, -0.2) is 106 Å². The Balaban J connectivity index is 0.907. The molecular formula is C37H40ClN11O5. The molecule has 2 aromatic carbocycles. The van der Waals surface area contributed by atoms with Gasteiger partial charge >= 0.3 is 0 Å². The van der Waals surface area contributed by atoms with Gasteiger partial charge in [-0.3, -0.25) is 34.1 Å². The molecule has 3 aromatic heterocycles. The Kier molecular flexibility index (Phi) is 9.31. The van der Waals surface area contributed by atoms with Crippen LogP contribution in [0.2, 0.25) is 5.02 Å². The van der Waals surface area contributed by atoms with Crippen LogP contribution in [0.3, 0.4) is 0 Å². The summed E-state index contributed by atoms with van der Waals surface area (Å²) < 4.78 is 8.84. The van der Waals surface area contributed by atoms with Gasteiger partial charge in [0, 0.05) is 89.3 Å². The average molecular weight is 754 g/mol. The fourth-order valence-corrected chi connectivity index (χ4v) is 7.70. The number of hydrogen-bond acceptors (Lipinski definition) is 12. The van der Waals surface area contributed by atoms with Gasteiger partial charge in [-0.15, -0.1) is 0 Å². The highest BCUT2D eigenvalue weighted by Crippen LogP contribution is 2.37. The van der Waals surface area contributed by atoms with Crippen molar-refractivity contribution in [3.05, 3.63) is 69.7 Å². The van der Waals surface area contributed by atoms with Crippen molar-refractivity contribution in [2.75, 3.05) is 68.0 Å². The maximum absolute atomic E-state index is 12.8. The number of likely N-dealkylation sites (N-methyl/N-ethyl adjacent to an activating group) is 1. The molecule has 3 saturated heterocycles. The molecule has 1 atom stereocenters. The van der Waals surface area contributed by atoms with E-state index in [1.807, 2.05) is 42.1 Å². The van der Waals surface area contributed by atoms with Crippen LogP contribution in [0.5, 0.6) is 5.75 Å². The summed E-state index contributed by atoms with van der Waals surface area (Å²) in [5, 5.41) is 15.1. The van der Waals surface area contributed by atoms with Gasteiger partial charge in [0.15, 0.2) is 18.2 Å². The molecule has 6 heterocycles. The van der Waals surface area contributed by atoms with Crippen molar-refractivity contribution >= 4 is 74.3 Å². The van der Waals surface area contributed by atoms with Gasteiger partial charge in [-0.1, -0.05) is 23.7 Å². The van der Waals surface area contributed by atoms with Gasteiger partial charge < -0.3 is 29.7 Å². The number of fused-ring (bicyclic) bond motifs is 2. The maximum atomic E-state index is 12.8. The summed E-state index contributed by atoms with van der Waals surface area (Å²) in [7, 11) is 5.07. The number of imide groups is 1. The highest BCUT2D eigenvalue weighted by molar-refractivity contribution is 6.33. The molecular weight excluding hydrogens is 714 g/mol. The van der Waals surface area contributed by atoms with E-state index in [0.29, 0.717) is 46.9 Å². The van der Waals surface area contributed by atoms with Crippen molar-refractivity contribution < 1.29 is 19.1 Å². The number of anilines is 4. The van der Waals surface area contributed by atoms with E-state index in [-0.39, 0.29) is 35.6 Å². The summed E-state index contributed by atoms with van der Waals surface area (Å²) in [4.78, 5) is 65.2. The largest absolute Gasteiger partial charge is 0.478 e. The van der Waals surface area contributed by atoms with Crippen LogP contribution in [0, 0.1) is 0 Å². The van der Waals surface area contributed by atoms with Crippen LogP contribution >= 0.6 is 11.6 Å². The highest BCUT2D eigenvalue weighted by atomic mass is 35.5. The van der Waals surface area contributed by atoms with Crippen LogP contribution in [0.4, 0.5) is 23.1 Å². The van der Waals surface area contributed by atoms with Crippen molar-refractivity contribution in [2.45, 2.75) is 24.8 Å². The molecule has 0 saturated carbocycles. The number of nitrogens with one attached hydrogen (secondary N) is 3. The quantitative estimate of drug-likeness (QED) is 0.188. The molecule has 280 valence electrons. The molecule has 17 heteroatoms. The summed E-state index contributed by atoms with van der Waals surface area (Å²) in [5.41, 5.74) is 3.88. The Labute approximate surface area is 315 Å². The minimum Gasteiger partial charge on any atom is -0.478 e. The lowest BCUT2D eigenvalue weighted by atomic mass is 9.92. The van der Waals surface area contributed by atoms with Crippen molar-refractivity contribution in [1.29, 1.82) is 0 Å². The molecule has 0 bridgehead atoms. The maximum Gasteiger partial charge on any atom is 0.293 e. The number of pyridine rings is 1. The SMILES string of the molecule is CNC(=O)COc1cc2cc(Nc3nc(N4CCN(C5CN(c6cccc7c(C8CCC(=O)NC8=O)nn(C)c67)C5)CC4)ncc3Cl)ccc2n(C)c1=O. The predicted octanol–water partition coefficient (Wildman–Crippen LogP) is 2.27.